The van der Waals surface area contributed by atoms with Gasteiger partial charge in [-0.2, -0.15) is 0 Å². The highest BCUT2D eigenvalue weighted by molar-refractivity contribution is 6.32. The van der Waals surface area contributed by atoms with Gasteiger partial charge in [-0.25, -0.2) is 13.8 Å². The fraction of sp³-hybridized carbons (Fsp3) is 0.0667. The van der Waals surface area contributed by atoms with Crippen LogP contribution in [0, 0.1) is 11.6 Å². The Morgan fingerprint density at radius 3 is 2.78 bits per heavy atom. The number of hydrogen-bond donors (Lipinski definition) is 2. The minimum absolute atomic E-state index is 0.0490. The molecule has 3 aromatic rings. The number of benzene rings is 2. The van der Waals surface area contributed by atoms with Gasteiger partial charge >= 0.3 is 0 Å². The molecule has 0 unspecified atom stereocenters. The molecule has 1 aromatic heterocycles. The van der Waals surface area contributed by atoms with Crippen LogP contribution in [0.1, 0.15) is 5.56 Å². The van der Waals surface area contributed by atoms with Crippen molar-refractivity contribution >= 4 is 22.5 Å². The van der Waals surface area contributed by atoms with Crippen molar-refractivity contribution in [3.63, 3.8) is 0 Å². The fourth-order valence-corrected chi connectivity index (χ4v) is 2.39. The number of nitrogens with two attached hydrogens (primary N) is 1. The number of H-pyrrole nitrogens is 1. The molecule has 0 saturated carbocycles. The van der Waals surface area contributed by atoms with Crippen LogP contribution in [-0.2, 0) is 6.54 Å². The number of aromatic nitrogens is 2. The fourth-order valence-electron chi connectivity index (χ4n) is 2.12. The van der Waals surface area contributed by atoms with Crippen LogP contribution >= 0.6 is 11.6 Å². The SMILES string of the molecule is NCc1ccc(F)c(Oc2ccc3nc[nH]c(=O)c3c2F)c1Cl. The van der Waals surface area contributed by atoms with Gasteiger partial charge in [0.25, 0.3) is 5.56 Å². The van der Waals surface area contributed by atoms with Gasteiger partial charge in [0.2, 0.25) is 0 Å². The third kappa shape index (κ3) is 2.64. The second kappa shape index (κ2) is 5.94. The highest BCUT2D eigenvalue weighted by Gasteiger charge is 2.18. The molecule has 0 fully saturated rings. The summed E-state index contributed by atoms with van der Waals surface area (Å²) in [7, 11) is 0. The summed E-state index contributed by atoms with van der Waals surface area (Å²) < 4.78 is 33.7. The highest BCUT2D eigenvalue weighted by atomic mass is 35.5. The molecule has 0 amide bonds. The van der Waals surface area contributed by atoms with Gasteiger partial charge < -0.3 is 15.5 Å². The summed E-state index contributed by atoms with van der Waals surface area (Å²) in [6.45, 7) is 0.0687. The van der Waals surface area contributed by atoms with Crippen LogP contribution in [0.25, 0.3) is 10.9 Å². The highest BCUT2D eigenvalue weighted by Crippen LogP contribution is 2.36. The van der Waals surface area contributed by atoms with Crippen molar-refractivity contribution in [2.45, 2.75) is 6.54 Å². The Labute approximate surface area is 133 Å². The number of nitrogens with one attached hydrogen (secondary N) is 1. The summed E-state index contributed by atoms with van der Waals surface area (Å²) in [5.74, 6) is -2.42. The topological polar surface area (TPSA) is 81.0 Å². The molecule has 0 atom stereocenters. The third-order valence-corrected chi connectivity index (χ3v) is 3.69. The summed E-state index contributed by atoms with van der Waals surface area (Å²) in [6.07, 6.45) is 1.16. The van der Waals surface area contributed by atoms with E-state index in [2.05, 4.69) is 9.97 Å². The molecule has 118 valence electrons. The quantitative estimate of drug-likeness (QED) is 0.769. The number of halogens is 3. The summed E-state index contributed by atoms with van der Waals surface area (Å²) in [5.41, 5.74) is 5.43. The van der Waals surface area contributed by atoms with E-state index in [0.717, 1.165) is 12.4 Å². The zero-order valence-corrected chi connectivity index (χ0v) is 12.3. The van der Waals surface area contributed by atoms with E-state index in [9.17, 15) is 13.6 Å². The zero-order chi connectivity index (χ0) is 16.6. The van der Waals surface area contributed by atoms with Crippen LogP contribution in [0.3, 0.4) is 0 Å². The first kappa shape index (κ1) is 15.4. The third-order valence-electron chi connectivity index (χ3n) is 3.27. The van der Waals surface area contributed by atoms with Crippen molar-refractivity contribution in [3.8, 4) is 11.5 Å². The standard InChI is InChI=1S/C15H10ClF2N3O2/c16-12-7(5-19)1-2-8(17)14(12)23-10-4-3-9-11(13(10)18)15(22)21-6-20-9/h1-4,6H,5,19H2,(H,20,21,22). The number of ether oxygens (including phenoxy) is 1. The number of aromatic amines is 1. The van der Waals surface area contributed by atoms with Crippen molar-refractivity contribution in [2.24, 2.45) is 5.73 Å². The molecule has 0 aliphatic carbocycles. The van der Waals surface area contributed by atoms with Crippen LogP contribution in [0.2, 0.25) is 5.02 Å². The van der Waals surface area contributed by atoms with Crippen molar-refractivity contribution in [2.75, 3.05) is 0 Å². The van der Waals surface area contributed by atoms with E-state index < -0.39 is 17.2 Å². The second-order valence-corrected chi connectivity index (χ2v) is 5.04. The van der Waals surface area contributed by atoms with Crippen molar-refractivity contribution in [3.05, 3.63) is 63.2 Å². The largest absolute Gasteiger partial charge is 0.450 e. The number of rotatable bonds is 3. The molecule has 3 rings (SSSR count). The van der Waals surface area contributed by atoms with Crippen molar-refractivity contribution < 1.29 is 13.5 Å². The Kier molecular flexibility index (Phi) is 3.97. The molecule has 23 heavy (non-hydrogen) atoms. The normalized spacial score (nSPS) is 11.0. The van der Waals surface area contributed by atoms with Gasteiger partial charge in [0, 0.05) is 6.54 Å². The van der Waals surface area contributed by atoms with E-state index >= 15 is 0 Å². The molecular weight excluding hydrogens is 328 g/mol. The minimum Gasteiger partial charge on any atom is -0.450 e. The molecule has 0 saturated heterocycles. The van der Waals surface area contributed by atoms with Gasteiger partial charge in [-0.3, -0.25) is 4.79 Å². The summed E-state index contributed by atoms with van der Waals surface area (Å²) in [4.78, 5) is 17.8. The van der Waals surface area contributed by atoms with Crippen LogP contribution in [0.5, 0.6) is 11.5 Å². The van der Waals surface area contributed by atoms with E-state index in [1.165, 1.54) is 18.2 Å². The molecule has 3 N–H and O–H groups in total. The maximum atomic E-state index is 14.5. The number of fused-ring (bicyclic) bond motifs is 1. The molecule has 0 radical (unpaired) electrons. The van der Waals surface area contributed by atoms with E-state index in [-0.39, 0.29) is 34.0 Å². The molecule has 1 heterocycles. The summed E-state index contributed by atoms with van der Waals surface area (Å²) in [5, 5.41) is -0.330. The van der Waals surface area contributed by atoms with E-state index in [0.29, 0.717) is 5.56 Å². The Hall–Kier alpha value is -2.51. The molecule has 0 aliphatic rings. The first-order valence-corrected chi connectivity index (χ1v) is 6.91. The number of nitrogens with zero attached hydrogens (tertiary/aromatic N) is 1. The van der Waals surface area contributed by atoms with Crippen LogP contribution in [-0.4, -0.2) is 9.97 Å². The van der Waals surface area contributed by atoms with Crippen molar-refractivity contribution in [1.82, 2.24) is 9.97 Å². The van der Waals surface area contributed by atoms with E-state index in [1.54, 1.807) is 0 Å². The summed E-state index contributed by atoms with van der Waals surface area (Å²) >= 11 is 6.02. The zero-order valence-electron chi connectivity index (χ0n) is 11.6. The van der Waals surface area contributed by atoms with Gasteiger partial charge in [0.05, 0.1) is 16.9 Å². The predicted molar refractivity (Wildman–Crippen MR) is 81.7 cm³/mol. The Balaban J connectivity index is 2.15. The minimum atomic E-state index is -0.953. The average Bonchev–Trinajstić information content (AvgIpc) is 2.53. The molecular formula is C15H10ClF2N3O2. The molecule has 5 nitrogen and oxygen atoms in total. The van der Waals surface area contributed by atoms with Crippen LogP contribution in [0.15, 0.2) is 35.4 Å². The monoisotopic (exact) mass is 337 g/mol. The van der Waals surface area contributed by atoms with Gasteiger partial charge in [0.15, 0.2) is 23.1 Å². The maximum absolute atomic E-state index is 14.5. The first-order chi connectivity index (χ1) is 11.0. The molecule has 0 bridgehead atoms. The van der Waals surface area contributed by atoms with E-state index in [4.69, 9.17) is 22.1 Å². The molecule has 0 aliphatic heterocycles. The van der Waals surface area contributed by atoms with E-state index in [1.807, 2.05) is 0 Å². The Bertz CT molecular complexity index is 959. The lowest BCUT2D eigenvalue weighted by molar-refractivity contribution is 0.416. The van der Waals surface area contributed by atoms with Crippen molar-refractivity contribution in [1.29, 1.82) is 0 Å². The van der Waals surface area contributed by atoms with Crippen LogP contribution in [0.4, 0.5) is 8.78 Å². The first-order valence-electron chi connectivity index (χ1n) is 6.53. The predicted octanol–water partition coefficient (Wildman–Crippen LogP) is 3.11. The summed E-state index contributed by atoms with van der Waals surface area (Å²) in [6, 6.07) is 5.17. The van der Waals surface area contributed by atoms with Gasteiger partial charge in [-0.1, -0.05) is 17.7 Å². The average molecular weight is 338 g/mol. The Morgan fingerprint density at radius 2 is 2.04 bits per heavy atom. The molecule has 8 heteroatoms. The maximum Gasteiger partial charge on any atom is 0.261 e. The lowest BCUT2D eigenvalue weighted by Crippen LogP contribution is -2.09. The number of hydrogen-bond acceptors (Lipinski definition) is 4. The Morgan fingerprint density at radius 1 is 1.26 bits per heavy atom. The van der Waals surface area contributed by atoms with Crippen LogP contribution < -0.4 is 16.0 Å². The van der Waals surface area contributed by atoms with Gasteiger partial charge in [0.1, 0.15) is 5.39 Å². The molecule has 0 spiro atoms. The second-order valence-electron chi connectivity index (χ2n) is 4.66. The smallest absolute Gasteiger partial charge is 0.261 e. The van der Waals surface area contributed by atoms with Gasteiger partial charge in [-0.05, 0) is 23.8 Å². The lowest BCUT2D eigenvalue weighted by Gasteiger charge is -2.12. The lowest BCUT2D eigenvalue weighted by atomic mass is 10.2. The van der Waals surface area contributed by atoms with Gasteiger partial charge in [-0.15, -0.1) is 0 Å². The molecule has 2 aromatic carbocycles.